The molecule has 2 heterocycles. The van der Waals surface area contributed by atoms with Gasteiger partial charge in [-0.2, -0.15) is 0 Å². The SMILES string of the molecule is CC1CCNC(C(=O)NC(C)c2nc(C(=O)O)cs2)C1. The molecule has 6 nitrogen and oxygen atoms in total. The van der Waals surface area contributed by atoms with Gasteiger partial charge in [0.25, 0.3) is 0 Å². The Bertz CT molecular complexity index is 503. The van der Waals surface area contributed by atoms with Gasteiger partial charge in [0.1, 0.15) is 5.01 Å². The number of carbonyl (C=O) groups is 2. The van der Waals surface area contributed by atoms with Crippen molar-refractivity contribution >= 4 is 23.2 Å². The molecule has 1 aliphatic heterocycles. The van der Waals surface area contributed by atoms with Crippen molar-refractivity contribution in [1.82, 2.24) is 15.6 Å². The maximum atomic E-state index is 12.2. The number of hydrogen-bond donors (Lipinski definition) is 3. The summed E-state index contributed by atoms with van der Waals surface area (Å²) in [6.07, 6.45) is 1.92. The molecule has 2 rings (SSSR count). The van der Waals surface area contributed by atoms with Crippen LogP contribution in [0, 0.1) is 5.92 Å². The molecule has 110 valence electrons. The highest BCUT2D eigenvalue weighted by molar-refractivity contribution is 7.09. The van der Waals surface area contributed by atoms with Gasteiger partial charge in [0, 0.05) is 5.38 Å². The van der Waals surface area contributed by atoms with Crippen LogP contribution in [0.5, 0.6) is 0 Å². The van der Waals surface area contributed by atoms with Crippen LogP contribution in [-0.4, -0.2) is 34.6 Å². The van der Waals surface area contributed by atoms with Crippen LogP contribution in [0.25, 0.3) is 0 Å². The lowest BCUT2D eigenvalue weighted by Gasteiger charge is -2.28. The zero-order valence-electron chi connectivity index (χ0n) is 11.5. The van der Waals surface area contributed by atoms with Crippen molar-refractivity contribution in [3.8, 4) is 0 Å². The lowest BCUT2D eigenvalue weighted by atomic mass is 9.94. The van der Waals surface area contributed by atoms with Crippen LogP contribution in [0.3, 0.4) is 0 Å². The fraction of sp³-hybridized carbons (Fsp3) is 0.615. The molecule has 3 atom stereocenters. The number of piperidine rings is 1. The van der Waals surface area contributed by atoms with E-state index >= 15 is 0 Å². The van der Waals surface area contributed by atoms with Gasteiger partial charge in [-0.15, -0.1) is 11.3 Å². The third kappa shape index (κ3) is 3.55. The average molecular weight is 297 g/mol. The Labute approximate surface area is 121 Å². The Hall–Kier alpha value is -1.47. The molecular formula is C13H19N3O3S. The third-order valence-corrected chi connectivity index (χ3v) is 4.48. The number of rotatable bonds is 4. The largest absolute Gasteiger partial charge is 0.476 e. The van der Waals surface area contributed by atoms with E-state index in [1.165, 1.54) is 16.7 Å². The molecule has 20 heavy (non-hydrogen) atoms. The van der Waals surface area contributed by atoms with E-state index in [1.807, 2.05) is 6.92 Å². The van der Waals surface area contributed by atoms with Crippen molar-refractivity contribution < 1.29 is 14.7 Å². The van der Waals surface area contributed by atoms with E-state index in [4.69, 9.17) is 5.11 Å². The molecule has 0 aliphatic carbocycles. The zero-order valence-corrected chi connectivity index (χ0v) is 12.4. The fourth-order valence-corrected chi connectivity index (χ4v) is 3.07. The van der Waals surface area contributed by atoms with Crippen molar-refractivity contribution in [2.45, 2.75) is 38.8 Å². The maximum Gasteiger partial charge on any atom is 0.355 e. The van der Waals surface area contributed by atoms with Gasteiger partial charge in [0.2, 0.25) is 5.91 Å². The predicted octanol–water partition coefficient (Wildman–Crippen LogP) is 1.41. The summed E-state index contributed by atoms with van der Waals surface area (Å²) in [5.74, 6) is -0.550. The number of carbonyl (C=O) groups excluding carboxylic acids is 1. The van der Waals surface area contributed by atoms with Gasteiger partial charge < -0.3 is 15.7 Å². The first-order chi connectivity index (χ1) is 9.47. The normalized spacial score (nSPS) is 24.1. The van der Waals surface area contributed by atoms with Gasteiger partial charge in [-0.25, -0.2) is 9.78 Å². The van der Waals surface area contributed by atoms with Crippen molar-refractivity contribution in [1.29, 1.82) is 0 Å². The number of aromatic carboxylic acids is 1. The summed E-state index contributed by atoms with van der Waals surface area (Å²) >= 11 is 1.25. The van der Waals surface area contributed by atoms with Crippen molar-refractivity contribution in [2.24, 2.45) is 5.92 Å². The second kappa shape index (κ2) is 6.32. The Morgan fingerprint density at radius 3 is 2.95 bits per heavy atom. The Morgan fingerprint density at radius 2 is 2.35 bits per heavy atom. The maximum absolute atomic E-state index is 12.2. The summed E-state index contributed by atoms with van der Waals surface area (Å²) in [7, 11) is 0. The number of hydrogen-bond acceptors (Lipinski definition) is 5. The minimum Gasteiger partial charge on any atom is -0.476 e. The molecule has 1 aromatic rings. The van der Waals surface area contributed by atoms with E-state index in [9.17, 15) is 9.59 Å². The van der Waals surface area contributed by atoms with Gasteiger partial charge in [-0.3, -0.25) is 4.79 Å². The van der Waals surface area contributed by atoms with Crippen LogP contribution >= 0.6 is 11.3 Å². The molecule has 1 fully saturated rings. The first kappa shape index (κ1) is 14.9. The van der Waals surface area contributed by atoms with E-state index in [-0.39, 0.29) is 23.7 Å². The number of carboxylic acids is 1. The van der Waals surface area contributed by atoms with E-state index in [2.05, 4.69) is 22.5 Å². The molecule has 1 saturated heterocycles. The van der Waals surface area contributed by atoms with E-state index in [1.54, 1.807) is 0 Å². The van der Waals surface area contributed by atoms with Crippen LogP contribution in [0.2, 0.25) is 0 Å². The lowest BCUT2D eigenvalue weighted by Crippen LogP contribution is -2.48. The number of carboxylic acid groups (broad SMARTS) is 1. The van der Waals surface area contributed by atoms with E-state index in [0.29, 0.717) is 10.9 Å². The Balaban J connectivity index is 1.94. The smallest absolute Gasteiger partial charge is 0.355 e. The van der Waals surface area contributed by atoms with E-state index in [0.717, 1.165) is 19.4 Å². The highest BCUT2D eigenvalue weighted by Gasteiger charge is 2.26. The molecule has 7 heteroatoms. The van der Waals surface area contributed by atoms with Gasteiger partial charge >= 0.3 is 5.97 Å². The molecular weight excluding hydrogens is 278 g/mol. The standard InChI is InChI=1S/C13H19N3O3S/c1-7-3-4-14-9(5-7)11(17)15-8(2)12-16-10(6-20-12)13(18)19/h6-9,14H,3-5H2,1-2H3,(H,15,17)(H,18,19). The minimum atomic E-state index is -1.05. The summed E-state index contributed by atoms with van der Waals surface area (Å²) in [4.78, 5) is 27.0. The number of amides is 1. The Kier molecular flexibility index (Phi) is 4.72. The third-order valence-electron chi connectivity index (χ3n) is 3.45. The summed E-state index contributed by atoms with van der Waals surface area (Å²) in [6, 6.07) is -0.445. The van der Waals surface area contributed by atoms with Crippen molar-refractivity contribution in [2.75, 3.05) is 6.54 Å². The topological polar surface area (TPSA) is 91.3 Å². The summed E-state index contributed by atoms with van der Waals surface area (Å²) in [5, 5.41) is 17.0. The van der Waals surface area contributed by atoms with Crippen LogP contribution in [-0.2, 0) is 4.79 Å². The molecule has 0 radical (unpaired) electrons. The van der Waals surface area contributed by atoms with Crippen LogP contribution in [0.1, 0.15) is 48.2 Å². The number of thiazole rings is 1. The van der Waals surface area contributed by atoms with Gasteiger partial charge in [0.05, 0.1) is 12.1 Å². The minimum absolute atomic E-state index is 0.0236. The molecule has 1 aliphatic rings. The second-order valence-electron chi connectivity index (χ2n) is 5.24. The molecule has 0 spiro atoms. The fourth-order valence-electron chi connectivity index (χ4n) is 2.27. The van der Waals surface area contributed by atoms with Gasteiger partial charge in [-0.05, 0) is 32.2 Å². The number of aromatic nitrogens is 1. The molecule has 3 unspecified atom stereocenters. The van der Waals surface area contributed by atoms with Crippen LogP contribution in [0.4, 0.5) is 0 Å². The van der Waals surface area contributed by atoms with E-state index < -0.39 is 5.97 Å². The van der Waals surface area contributed by atoms with Crippen molar-refractivity contribution in [3.63, 3.8) is 0 Å². The number of nitrogens with one attached hydrogen (secondary N) is 2. The average Bonchev–Trinajstić information content (AvgIpc) is 2.88. The molecule has 0 aromatic carbocycles. The zero-order chi connectivity index (χ0) is 14.7. The highest BCUT2D eigenvalue weighted by atomic mass is 32.1. The lowest BCUT2D eigenvalue weighted by molar-refractivity contribution is -0.124. The van der Waals surface area contributed by atoms with Crippen molar-refractivity contribution in [3.05, 3.63) is 16.1 Å². The first-order valence-corrected chi connectivity index (χ1v) is 7.57. The van der Waals surface area contributed by atoms with Gasteiger partial charge in [-0.1, -0.05) is 6.92 Å². The monoisotopic (exact) mass is 297 g/mol. The molecule has 3 N–H and O–H groups in total. The first-order valence-electron chi connectivity index (χ1n) is 6.70. The van der Waals surface area contributed by atoms with Crippen LogP contribution in [0.15, 0.2) is 5.38 Å². The molecule has 0 bridgehead atoms. The van der Waals surface area contributed by atoms with Crippen LogP contribution < -0.4 is 10.6 Å². The molecule has 1 amide bonds. The summed E-state index contributed by atoms with van der Waals surface area (Å²) < 4.78 is 0. The second-order valence-corrected chi connectivity index (χ2v) is 6.13. The molecule has 0 saturated carbocycles. The molecule has 1 aromatic heterocycles. The predicted molar refractivity (Wildman–Crippen MR) is 75.8 cm³/mol. The quantitative estimate of drug-likeness (QED) is 0.781. The highest BCUT2D eigenvalue weighted by Crippen LogP contribution is 2.20. The van der Waals surface area contributed by atoms with Gasteiger partial charge in [0.15, 0.2) is 5.69 Å². The Morgan fingerprint density at radius 1 is 1.60 bits per heavy atom. The summed E-state index contributed by atoms with van der Waals surface area (Å²) in [6.45, 7) is 4.81. The summed E-state index contributed by atoms with van der Waals surface area (Å²) in [5.41, 5.74) is 0.0236. The number of nitrogens with zero attached hydrogens (tertiary/aromatic N) is 1.